The van der Waals surface area contributed by atoms with Gasteiger partial charge in [0.15, 0.2) is 5.82 Å². The van der Waals surface area contributed by atoms with Gasteiger partial charge in [0.25, 0.3) is 0 Å². The van der Waals surface area contributed by atoms with Gasteiger partial charge in [0.2, 0.25) is 0 Å². The summed E-state index contributed by atoms with van der Waals surface area (Å²) < 4.78 is 10.9. The molecule has 1 saturated carbocycles. The Morgan fingerprint density at radius 1 is 1.23 bits per heavy atom. The lowest BCUT2D eigenvalue weighted by Crippen LogP contribution is -2.08. The molecular formula is C17H23N3O2. The van der Waals surface area contributed by atoms with E-state index in [-0.39, 0.29) is 0 Å². The van der Waals surface area contributed by atoms with E-state index in [2.05, 4.69) is 39.7 Å². The summed E-state index contributed by atoms with van der Waals surface area (Å²) in [4.78, 5) is 4.11. The summed E-state index contributed by atoms with van der Waals surface area (Å²) in [5.74, 6) is 2.36. The zero-order chi connectivity index (χ0) is 15.2. The molecule has 1 fully saturated rings. The number of ether oxygens (including phenoxy) is 1. The molecule has 1 aliphatic rings. The van der Waals surface area contributed by atoms with Crippen molar-refractivity contribution in [3.63, 3.8) is 0 Å². The monoisotopic (exact) mass is 301 g/mol. The maximum atomic E-state index is 5.87. The second-order valence-corrected chi connectivity index (χ2v) is 5.93. The number of anilines is 1. The third kappa shape index (κ3) is 4.23. The third-order valence-electron chi connectivity index (χ3n) is 4.10. The van der Waals surface area contributed by atoms with Gasteiger partial charge in [-0.2, -0.15) is 4.98 Å². The Kier molecular flexibility index (Phi) is 4.93. The highest BCUT2D eigenvalue weighted by Crippen LogP contribution is 2.25. The van der Waals surface area contributed by atoms with Gasteiger partial charge in [0, 0.05) is 6.54 Å². The summed E-state index contributed by atoms with van der Waals surface area (Å²) >= 11 is 0. The molecule has 22 heavy (non-hydrogen) atoms. The van der Waals surface area contributed by atoms with Crippen molar-refractivity contribution in [2.75, 3.05) is 18.5 Å². The molecule has 5 nitrogen and oxygen atoms in total. The normalized spacial score (nSPS) is 15.1. The van der Waals surface area contributed by atoms with E-state index in [0.717, 1.165) is 31.2 Å². The Labute approximate surface area is 131 Å². The van der Waals surface area contributed by atoms with E-state index < -0.39 is 0 Å². The highest BCUT2D eigenvalue weighted by molar-refractivity contribution is 5.28. The second kappa shape index (κ2) is 7.29. The van der Waals surface area contributed by atoms with Crippen LogP contribution >= 0.6 is 0 Å². The van der Waals surface area contributed by atoms with Gasteiger partial charge < -0.3 is 14.6 Å². The van der Waals surface area contributed by atoms with Crippen LogP contribution in [0.5, 0.6) is 5.75 Å². The molecule has 0 spiro atoms. The fourth-order valence-corrected chi connectivity index (χ4v) is 2.83. The molecule has 0 aliphatic heterocycles. The van der Waals surface area contributed by atoms with Crippen LogP contribution in [-0.4, -0.2) is 23.3 Å². The number of nitrogens with one attached hydrogen (secondary N) is 1. The molecule has 1 aliphatic carbocycles. The van der Waals surface area contributed by atoms with Gasteiger partial charge in [-0.1, -0.05) is 30.1 Å². The van der Waals surface area contributed by atoms with Crippen molar-refractivity contribution in [2.45, 2.75) is 39.0 Å². The Balaban J connectivity index is 1.40. The Hall–Kier alpha value is -2.04. The molecule has 0 radical (unpaired) electrons. The summed E-state index contributed by atoms with van der Waals surface area (Å²) in [5.41, 5.74) is 1.26. The summed E-state index contributed by atoms with van der Waals surface area (Å²) in [5, 5.41) is 6.86. The maximum absolute atomic E-state index is 5.87. The zero-order valence-electron chi connectivity index (χ0n) is 13.0. The van der Waals surface area contributed by atoms with Crippen molar-refractivity contribution in [1.82, 2.24) is 10.1 Å². The average molecular weight is 301 g/mol. The van der Waals surface area contributed by atoms with Crippen molar-refractivity contribution < 1.29 is 9.26 Å². The molecule has 0 atom stereocenters. The van der Waals surface area contributed by atoms with Crippen LogP contribution in [0.25, 0.3) is 0 Å². The van der Waals surface area contributed by atoms with E-state index in [1.165, 1.54) is 31.2 Å². The van der Waals surface area contributed by atoms with Crippen LogP contribution in [0.15, 0.2) is 28.8 Å². The molecule has 0 unspecified atom stereocenters. The molecule has 0 saturated heterocycles. The van der Waals surface area contributed by atoms with Crippen molar-refractivity contribution in [1.29, 1.82) is 0 Å². The van der Waals surface area contributed by atoms with E-state index >= 15 is 0 Å². The largest absolute Gasteiger partial charge is 0.493 e. The van der Waals surface area contributed by atoms with Gasteiger partial charge in [-0.15, -0.1) is 0 Å². The minimum Gasteiger partial charge on any atom is -0.493 e. The molecular weight excluding hydrogens is 278 g/mol. The number of hydrogen-bond donors (Lipinski definition) is 1. The first kappa shape index (κ1) is 14.9. The standard InChI is InChI=1S/C17H23N3O2/c1-13-19-17(22-20-13)18-11-10-14-6-8-16(9-7-14)21-12-15-4-2-3-5-15/h6-9,15H,2-5,10-12H2,1H3,(H,18,19,20). The lowest BCUT2D eigenvalue weighted by molar-refractivity contribution is 0.252. The topological polar surface area (TPSA) is 60.2 Å². The Bertz CT molecular complexity index is 574. The lowest BCUT2D eigenvalue weighted by Gasteiger charge is -2.11. The molecule has 3 rings (SSSR count). The van der Waals surface area contributed by atoms with Gasteiger partial charge in [-0.3, -0.25) is 0 Å². The van der Waals surface area contributed by atoms with Gasteiger partial charge in [0.05, 0.1) is 6.61 Å². The quantitative estimate of drug-likeness (QED) is 0.846. The smallest absolute Gasteiger partial charge is 0.321 e. The van der Waals surface area contributed by atoms with E-state index in [9.17, 15) is 0 Å². The van der Waals surface area contributed by atoms with E-state index in [1.807, 2.05) is 0 Å². The average Bonchev–Trinajstić information content (AvgIpc) is 3.18. The second-order valence-electron chi connectivity index (χ2n) is 5.93. The van der Waals surface area contributed by atoms with Gasteiger partial charge >= 0.3 is 6.01 Å². The Morgan fingerprint density at radius 2 is 2.00 bits per heavy atom. The van der Waals surface area contributed by atoms with Crippen molar-refractivity contribution >= 4 is 6.01 Å². The number of aromatic nitrogens is 2. The highest BCUT2D eigenvalue weighted by Gasteiger charge is 2.15. The van der Waals surface area contributed by atoms with E-state index in [4.69, 9.17) is 9.26 Å². The predicted octanol–water partition coefficient (Wildman–Crippen LogP) is 3.60. The van der Waals surface area contributed by atoms with Crippen LogP contribution in [0.3, 0.4) is 0 Å². The molecule has 0 amide bonds. The lowest BCUT2D eigenvalue weighted by atomic mass is 10.1. The van der Waals surface area contributed by atoms with Crippen LogP contribution in [-0.2, 0) is 6.42 Å². The molecule has 1 aromatic heterocycles. The first-order chi connectivity index (χ1) is 10.8. The molecule has 1 N–H and O–H groups in total. The number of rotatable bonds is 7. The summed E-state index contributed by atoms with van der Waals surface area (Å²) in [6.07, 6.45) is 6.27. The first-order valence-corrected chi connectivity index (χ1v) is 8.05. The molecule has 118 valence electrons. The van der Waals surface area contributed by atoms with Crippen LogP contribution in [0, 0.1) is 12.8 Å². The number of aryl methyl sites for hydroxylation is 1. The van der Waals surface area contributed by atoms with Gasteiger partial charge in [0.1, 0.15) is 5.75 Å². The van der Waals surface area contributed by atoms with Crippen LogP contribution in [0.2, 0.25) is 0 Å². The third-order valence-corrected chi connectivity index (χ3v) is 4.10. The summed E-state index contributed by atoms with van der Waals surface area (Å²) in [6.45, 7) is 3.43. The maximum Gasteiger partial charge on any atom is 0.321 e. The SMILES string of the molecule is Cc1noc(NCCc2ccc(OCC3CCCC3)cc2)n1. The summed E-state index contributed by atoms with van der Waals surface area (Å²) in [6, 6.07) is 8.83. The van der Waals surface area contributed by atoms with Crippen molar-refractivity contribution in [2.24, 2.45) is 5.92 Å². The number of hydrogen-bond acceptors (Lipinski definition) is 5. The molecule has 2 aromatic rings. The van der Waals surface area contributed by atoms with E-state index in [0.29, 0.717) is 11.8 Å². The van der Waals surface area contributed by atoms with Gasteiger partial charge in [-0.05, 0) is 49.8 Å². The van der Waals surface area contributed by atoms with Crippen molar-refractivity contribution in [3.05, 3.63) is 35.7 Å². The van der Waals surface area contributed by atoms with Crippen molar-refractivity contribution in [3.8, 4) is 5.75 Å². The molecule has 0 bridgehead atoms. The fraction of sp³-hybridized carbons (Fsp3) is 0.529. The molecule has 1 heterocycles. The highest BCUT2D eigenvalue weighted by atomic mass is 16.5. The summed E-state index contributed by atoms with van der Waals surface area (Å²) in [7, 11) is 0. The molecule has 5 heteroatoms. The number of benzene rings is 1. The van der Waals surface area contributed by atoms with Crippen LogP contribution in [0.4, 0.5) is 6.01 Å². The van der Waals surface area contributed by atoms with Crippen LogP contribution in [0.1, 0.15) is 37.1 Å². The number of nitrogens with zero attached hydrogens (tertiary/aromatic N) is 2. The van der Waals surface area contributed by atoms with Crippen LogP contribution < -0.4 is 10.1 Å². The minimum atomic E-state index is 0.481. The zero-order valence-corrected chi connectivity index (χ0v) is 13.0. The minimum absolute atomic E-state index is 0.481. The predicted molar refractivity (Wildman–Crippen MR) is 85.1 cm³/mol. The molecule has 1 aromatic carbocycles. The first-order valence-electron chi connectivity index (χ1n) is 8.05. The van der Waals surface area contributed by atoms with E-state index in [1.54, 1.807) is 6.92 Å². The Morgan fingerprint density at radius 3 is 2.68 bits per heavy atom. The van der Waals surface area contributed by atoms with Gasteiger partial charge in [-0.25, -0.2) is 0 Å². The fourth-order valence-electron chi connectivity index (χ4n) is 2.83.